The molecule has 0 aliphatic carbocycles. The van der Waals surface area contributed by atoms with Crippen molar-refractivity contribution in [2.45, 2.75) is 17.9 Å². The number of anilines is 1. The van der Waals surface area contributed by atoms with Crippen molar-refractivity contribution < 1.29 is 18.0 Å². The summed E-state index contributed by atoms with van der Waals surface area (Å²) in [6.07, 6.45) is -2.96. The van der Waals surface area contributed by atoms with Gasteiger partial charge in [-0.3, -0.25) is 14.2 Å². The summed E-state index contributed by atoms with van der Waals surface area (Å²) in [7, 11) is 0. The largest absolute Gasteiger partial charge is 0.416 e. The lowest BCUT2D eigenvalue weighted by molar-refractivity contribution is -0.137. The summed E-state index contributed by atoms with van der Waals surface area (Å²) in [6, 6.07) is 11.7. The van der Waals surface area contributed by atoms with Gasteiger partial charge >= 0.3 is 6.18 Å². The quantitative estimate of drug-likeness (QED) is 0.247. The second-order valence-corrected chi connectivity index (χ2v) is 7.85. The molecular formula is C22H17F3N4O2S. The van der Waals surface area contributed by atoms with E-state index in [-0.39, 0.29) is 23.5 Å². The molecule has 0 fully saturated rings. The molecule has 1 amide bonds. The number of rotatable bonds is 6. The molecule has 0 radical (unpaired) electrons. The minimum atomic E-state index is -4.51. The summed E-state index contributed by atoms with van der Waals surface area (Å²) in [5, 5.41) is 3.54. The van der Waals surface area contributed by atoms with Crippen LogP contribution < -0.4 is 10.9 Å². The van der Waals surface area contributed by atoms with Crippen LogP contribution in [-0.4, -0.2) is 26.2 Å². The molecule has 2 heterocycles. The maximum absolute atomic E-state index is 13.0. The van der Waals surface area contributed by atoms with Crippen molar-refractivity contribution in [3.63, 3.8) is 0 Å². The van der Waals surface area contributed by atoms with Gasteiger partial charge in [-0.25, -0.2) is 4.98 Å². The standard InChI is InChI=1S/C22H17F3N4O2S/c1-2-10-29-20(31)19-18(15-8-3-4-9-16(15)27-19)28-21(29)32-12-17(30)26-14-7-5-6-13(11-14)22(23,24)25/h2-9,11,27H,1,10,12H2,(H,26,30). The van der Waals surface area contributed by atoms with Crippen LogP contribution in [0.15, 0.2) is 71.1 Å². The van der Waals surface area contributed by atoms with Gasteiger partial charge in [0, 0.05) is 23.1 Å². The smallest absolute Gasteiger partial charge is 0.349 e. The summed E-state index contributed by atoms with van der Waals surface area (Å²) in [5.74, 6) is -0.666. The highest BCUT2D eigenvalue weighted by Crippen LogP contribution is 2.31. The van der Waals surface area contributed by atoms with Gasteiger partial charge in [-0.2, -0.15) is 13.2 Å². The van der Waals surface area contributed by atoms with Gasteiger partial charge in [0.25, 0.3) is 5.56 Å². The van der Waals surface area contributed by atoms with E-state index in [2.05, 4.69) is 21.9 Å². The molecule has 0 atom stereocenters. The van der Waals surface area contributed by atoms with E-state index in [1.54, 1.807) is 6.08 Å². The van der Waals surface area contributed by atoms with Gasteiger partial charge in [0.15, 0.2) is 5.16 Å². The van der Waals surface area contributed by atoms with Gasteiger partial charge in [-0.1, -0.05) is 42.1 Å². The van der Waals surface area contributed by atoms with Crippen LogP contribution in [0.5, 0.6) is 0 Å². The molecule has 10 heteroatoms. The number of aromatic nitrogens is 3. The maximum atomic E-state index is 13.0. The minimum absolute atomic E-state index is 0.0361. The van der Waals surface area contributed by atoms with Gasteiger partial charge in [0.05, 0.1) is 11.3 Å². The fourth-order valence-electron chi connectivity index (χ4n) is 3.28. The number of halogens is 3. The summed E-state index contributed by atoms with van der Waals surface area (Å²) in [6.45, 7) is 3.85. The van der Waals surface area contributed by atoms with Crippen LogP contribution in [0.3, 0.4) is 0 Å². The maximum Gasteiger partial charge on any atom is 0.416 e. The molecule has 0 unspecified atom stereocenters. The Morgan fingerprint density at radius 2 is 2.00 bits per heavy atom. The summed E-state index contributed by atoms with van der Waals surface area (Å²) < 4.78 is 40.0. The zero-order valence-corrected chi connectivity index (χ0v) is 17.4. The lowest BCUT2D eigenvalue weighted by Crippen LogP contribution is -2.24. The molecular weight excluding hydrogens is 441 g/mol. The van der Waals surface area contributed by atoms with E-state index in [1.807, 2.05) is 24.3 Å². The molecule has 2 N–H and O–H groups in total. The number of thioether (sulfide) groups is 1. The Balaban J connectivity index is 1.60. The molecule has 0 saturated carbocycles. The zero-order chi connectivity index (χ0) is 22.9. The van der Waals surface area contributed by atoms with Crippen LogP contribution >= 0.6 is 11.8 Å². The number of fused-ring (bicyclic) bond motifs is 3. The minimum Gasteiger partial charge on any atom is -0.349 e. The molecule has 0 spiro atoms. The Morgan fingerprint density at radius 3 is 2.75 bits per heavy atom. The van der Waals surface area contributed by atoms with E-state index in [4.69, 9.17) is 0 Å². The van der Waals surface area contributed by atoms with Crippen LogP contribution in [0.1, 0.15) is 5.56 Å². The Morgan fingerprint density at radius 1 is 1.22 bits per heavy atom. The molecule has 4 rings (SSSR count). The van der Waals surface area contributed by atoms with Gasteiger partial charge in [0.1, 0.15) is 11.0 Å². The third-order valence-electron chi connectivity index (χ3n) is 4.69. The predicted molar refractivity (Wildman–Crippen MR) is 119 cm³/mol. The van der Waals surface area contributed by atoms with Gasteiger partial charge in [-0.05, 0) is 24.3 Å². The Bertz CT molecular complexity index is 1390. The first kappa shape index (κ1) is 21.7. The number of aromatic amines is 1. The first-order valence-corrected chi connectivity index (χ1v) is 10.5. The fourth-order valence-corrected chi connectivity index (χ4v) is 4.08. The third kappa shape index (κ3) is 4.26. The topological polar surface area (TPSA) is 79.8 Å². The highest BCUT2D eigenvalue weighted by Gasteiger charge is 2.30. The Kier molecular flexibility index (Phi) is 5.79. The number of para-hydroxylation sites is 1. The highest BCUT2D eigenvalue weighted by molar-refractivity contribution is 7.99. The van der Waals surface area contributed by atoms with E-state index in [1.165, 1.54) is 16.7 Å². The monoisotopic (exact) mass is 458 g/mol. The molecule has 32 heavy (non-hydrogen) atoms. The number of allylic oxidation sites excluding steroid dienone is 1. The number of carbonyl (C=O) groups excluding carboxylic acids is 1. The van der Waals surface area contributed by atoms with Gasteiger partial charge < -0.3 is 10.3 Å². The first-order chi connectivity index (χ1) is 15.3. The van der Waals surface area contributed by atoms with E-state index < -0.39 is 17.6 Å². The second kappa shape index (κ2) is 8.54. The third-order valence-corrected chi connectivity index (χ3v) is 5.67. The van der Waals surface area contributed by atoms with E-state index in [0.717, 1.165) is 34.8 Å². The number of H-pyrrole nitrogens is 1. The lowest BCUT2D eigenvalue weighted by Gasteiger charge is -2.11. The number of nitrogens with zero attached hydrogens (tertiary/aromatic N) is 2. The van der Waals surface area contributed by atoms with Crippen molar-refractivity contribution in [3.05, 3.63) is 77.1 Å². The Hall–Kier alpha value is -3.53. The van der Waals surface area contributed by atoms with E-state index in [9.17, 15) is 22.8 Å². The average Bonchev–Trinajstić information content (AvgIpc) is 3.13. The molecule has 0 aliphatic rings. The fraction of sp³-hybridized carbons (Fsp3) is 0.136. The number of amides is 1. The predicted octanol–water partition coefficient (Wildman–Crippen LogP) is 4.81. The normalized spacial score (nSPS) is 11.7. The van der Waals surface area contributed by atoms with Crippen LogP contribution in [0, 0.1) is 0 Å². The molecule has 4 aromatic rings. The molecule has 2 aromatic carbocycles. The number of alkyl halides is 3. The summed E-state index contributed by atoms with van der Waals surface area (Å²) in [5.41, 5.74) is 0.495. The lowest BCUT2D eigenvalue weighted by atomic mass is 10.2. The van der Waals surface area contributed by atoms with Gasteiger partial charge in [-0.15, -0.1) is 6.58 Å². The van der Waals surface area contributed by atoms with Crippen molar-refractivity contribution in [2.24, 2.45) is 0 Å². The average molecular weight is 458 g/mol. The molecule has 0 bridgehead atoms. The zero-order valence-electron chi connectivity index (χ0n) is 16.6. The number of benzene rings is 2. The number of carbonyl (C=O) groups is 1. The molecule has 0 saturated heterocycles. The number of nitrogens with one attached hydrogen (secondary N) is 2. The molecule has 164 valence electrons. The SMILES string of the molecule is C=CCn1c(SCC(=O)Nc2cccc(C(F)(F)F)c2)nc2c([nH]c3ccccc32)c1=O. The molecule has 0 aliphatic heterocycles. The first-order valence-electron chi connectivity index (χ1n) is 9.50. The van der Waals surface area contributed by atoms with E-state index >= 15 is 0 Å². The van der Waals surface area contributed by atoms with Crippen LogP contribution in [0.4, 0.5) is 18.9 Å². The van der Waals surface area contributed by atoms with Crippen LogP contribution in [0.2, 0.25) is 0 Å². The summed E-state index contributed by atoms with van der Waals surface area (Å²) in [4.78, 5) is 33.0. The second-order valence-electron chi connectivity index (χ2n) is 6.91. The molecule has 2 aromatic heterocycles. The van der Waals surface area contributed by atoms with Crippen molar-refractivity contribution in [3.8, 4) is 0 Å². The van der Waals surface area contributed by atoms with Crippen molar-refractivity contribution in [1.29, 1.82) is 0 Å². The van der Waals surface area contributed by atoms with Crippen molar-refractivity contribution >= 4 is 45.3 Å². The van der Waals surface area contributed by atoms with Crippen LogP contribution in [0.25, 0.3) is 21.9 Å². The number of hydrogen-bond donors (Lipinski definition) is 2. The van der Waals surface area contributed by atoms with E-state index in [0.29, 0.717) is 16.2 Å². The number of hydrogen-bond acceptors (Lipinski definition) is 4. The Labute approximate surface area is 184 Å². The van der Waals surface area contributed by atoms with Gasteiger partial charge in [0.2, 0.25) is 5.91 Å². The van der Waals surface area contributed by atoms with Crippen LogP contribution in [-0.2, 0) is 17.5 Å². The van der Waals surface area contributed by atoms with Crippen molar-refractivity contribution in [2.75, 3.05) is 11.1 Å². The summed E-state index contributed by atoms with van der Waals surface area (Å²) >= 11 is 1.02. The van der Waals surface area contributed by atoms with Crippen molar-refractivity contribution in [1.82, 2.24) is 14.5 Å². The highest BCUT2D eigenvalue weighted by atomic mass is 32.2. The molecule has 6 nitrogen and oxygen atoms in total.